The maximum Gasteiger partial charge on any atom is 0.435 e. The van der Waals surface area contributed by atoms with Gasteiger partial charge < -0.3 is 9.84 Å². The third kappa shape index (κ3) is 2.40. The molecule has 0 amide bonds. The number of hydrogen-bond donors (Lipinski definition) is 1. The molecule has 1 N–H and O–H groups in total. The predicted molar refractivity (Wildman–Crippen MR) is 66.1 cm³/mol. The van der Waals surface area contributed by atoms with Crippen molar-refractivity contribution in [2.45, 2.75) is 18.9 Å². The lowest BCUT2D eigenvalue weighted by atomic mass is 9.97. The van der Waals surface area contributed by atoms with Crippen LogP contribution >= 0.6 is 0 Å². The Labute approximate surface area is 118 Å². The van der Waals surface area contributed by atoms with Gasteiger partial charge in [0.25, 0.3) is 0 Å². The zero-order valence-electron chi connectivity index (χ0n) is 11.1. The summed E-state index contributed by atoms with van der Waals surface area (Å²) in [7, 11) is 1.43. The number of aryl methyl sites for hydroxylation is 1. The minimum absolute atomic E-state index is 0.150. The Balaban J connectivity index is 2.14. The first-order valence-electron chi connectivity index (χ1n) is 6.22. The largest absolute Gasteiger partial charge is 0.435 e. The fraction of sp³-hybridized carbons (Fsp3) is 0.385. The van der Waals surface area contributed by atoms with Gasteiger partial charge in [-0.15, -0.1) is 0 Å². The monoisotopic (exact) mass is 299 g/mol. The van der Waals surface area contributed by atoms with E-state index in [0.29, 0.717) is 16.7 Å². The number of alkyl halides is 3. The Morgan fingerprint density at radius 3 is 2.81 bits per heavy atom. The molecule has 8 heteroatoms. The van der Waals surface area contributed by atoms with E-state index in [2.05, 4.69) is 10.1 Å². The summed E-state index contributed by atoms with van der Waals surface area (Å²) in [6.07, 6.45) is -2.37. The molecule has 5 nitrogen and oxygen atoms in total. The topological polar surface area (TPSA) is 60.2 Å². The van der Waals surface area contributed by atoms with E-state index in [1.54, 1.807) is 0 Å². The summed E-state index contributed by atoms with van der Waals surface area (Å²) >= 11 is 0. The van der Waals surface area contributed by atoms with Crippen molar-refractivity contribution in [3.05, 3.63) is 35.3 Å². The van der Waals surface area contributed by atoms with E-state index in [0.717, 1.165) is 10.7 Å². The smallest absolute Gasteiger partial charge is 0.386 e. The SMILES string of the molecule is Cn1nc(C(F)(F)F)cc1-c1cncc2c1COCC2O. The van der Waals surface area contributed by atoms with Crippen LogP contribution in [0.5, 0.6) is 0 Å². The Kier molecular flexibility index (Phi) is 3.22. The number of pyridine rings is 1. The van der Waals surface area contributed by atoms with E-state index in [4.69, 9.17) is 4.74 Å². The number of hydrogen-bond acceptors (Lipinski definition) is 4. The summed E-state index contributed by atoms with van der Waals surface area (Å²) in [5.74, 6) is 0. The van der Waals surface area contributed by atoms with Gasteiger partial charge in [-0.1, -0.05) is 0 Å². The molecule has 3 rings (SSSR count). The molecule has 0 spiro atoms. The van der Waals surface area contributed by atoms with Gasteiger partial charge >= 0.3 is 6.18 Å². The summed E-state index contributed by atoms with van der Waals surface area (Å²) in [5, 5.41) is 13.4. The Hall–Kier alpha value is -1.93. The first-order chi connectivity index (χ1) is 9.88. The normalized spacial score (nSPS) is 18.6. The van der Waals surface area contributed by atoms with Gasteiger partial charge in [0.1, 0.15) is 6.10 Å². The number of aliphatic hydroxyl groups is 1. The fourth-order valence-corrected chi connectivity index (χ4v) is 2.39. The average Bonchev–Trinajstić information content (AvgIpc) is 2.81. The van der Waals surface area contributed by atoms with Gasteiger partial charge in [-0.05, 0) is 11.6 Å². The zero-order valence-corrected chi connectivity index (χ0v) is 11.1. The summed E-state index contributed by atoms with van der Waals surface area (Å²) in [4.78, 5) is 4.00. The number of fused-ring (bicyclic) bond motifs is 1. The van der Waals surface area contributed by atoms with Crippen LogP contribution in [0.2, 0.25) is 0 Å². The summed E-state index contributed by atoms with van der Waals surface area (Å²) in [5.41, 5.74) is 1.02. The van der Waals surface area contributed by atoms with Crippen LogP contribution in [0.15, 0.2) is 18.5 Å². The number of rotatable bonds is 1. The molecule has 21 heavy (non-hydrogen) atoms. The quantitative estimate of drug-likeness (QED) is 0.875. The number of aromatic nitrogens is 3. The van der Waals surface area contributed by atoms with Gasteiger partial charge in [-0.2, -0.15) is 18.3 Å². The zero-order chi connectivity index (χ0) is 15.2. The molecule has 0 fully saturated rings. The number of aliphatic hydroxyl groups excluding tert-OH is 1. The molecular weight excluding hydrogens is 287 g/mol. The van der Waals surface area contributed by atoms with Crippen LogP contribution in [0.1, 0.15) is 22.9 Å². The van der Waals surface area contributed by atoms with Gasteiger partial charge in [-0.25, -0.2) is 0 Å². The molecule has 3 heterocycles. The fourth-order valence-electron chi connectivity index (χ4n) is 2.39. The third-order valence-corrected chi connectivity index (χ3v) is 3.42. The molecule has 0 bridgehead atoms. The maximum absolute atomic E-state index is 12.7. The van der Waals surface area contributed by atoms with E-state index >= 15 is 0 Å². The van der Waals surface area contributed by atoms with Gasteiger partial charge in [0.2, 0.25) is 0 Å². The van der Waals surface area contributed by atoms with Crippen molar-refractivity contribution in [3.63, 3.8) is 0 Å². The Morgan fingerprint density at radius 2 is 2.14 bits per heavy atom. The highest BCUT2D eigenvalue weighted by atomic mass is 19.4. The van der Waals surface area contributed by atoms with E-state index < -0.39 is 18.0 Å². The molecule has 0 radical (unpaired) electrons. The van der Waals surface area contributed by atoms with Crippen LogP contribution in [0, 0.1) is 0 Å². The maximum atomic E-state index is 12.7. The van der Waals surface area contributed by atoms with E-state index in [9.17, 15) is 18.3 Å². The average molecular weight is 299 g/mol. The van der Waals surface area contributed by atoms with Crippen molar-refractivity contribution in [2.24, 2.45) is 7.05 Å². The van der Waals surface area contributed by atoms with Crippen LogP contribution in [0.25, 0.3) is 11.3 Å². The second-order valence-corrected chi connectivity index (χ2v) is 4.82. The molecule has 0 saturated carbocycles. The number of nitrogens with zero attached hydrogens (tertiary/aromatic N) is 3. The highest BCUT2D eigenvalue weighted by molar-refractivity contribution is 5.65. The van der Waals surface area contributed by atoms with Crippen LogP contribution in [0.3, 0.4) is 0 Å². The molecule has 0 aliphatic carbocycles. The lowest BCUT2D eigenvalue weighted by molar-refractivity contribution is -0.141. The predicted octanol–water partition coefficient (Wildman–Crippen LogP) is 2.06. The molecule has 1 aliphatic rings. The second-order valence-electron chi connectivity index (χ2n) is 4.82. The first kappa shape index (κ1) is 14.0. The molecule has 112 valence electrons. The van der Waals surface area contributed by atoms with Gasteiger partial charge in [0.05, 0.1) is 18.9 Å². The summed E-state index contributed by atoms with van der Waals surface area (Å²) < 4.78 is 44.6. The van der Waals surface area contributed by atoms with Gasteiger partial charge in [0, 0.05) is 30.6 Å². The molecule has 0 saturated heterocycles. The molecule has 1 unspecified atom stereocenters. The number of ether oxygens (including phenoxy) is 1. The van der Waals surface area contributed by atoms with Crippen LogP contribution < -0.4 is 0 Å². The van der Waals surface area contributed by atoms with Crippen molar-refractivity contribution < 1.29 is 23.0 Å². The number of halogens is 3. The van der Waals surface area contributed by atoms with Crippen molar-refractivity contribution in [1.29, 1.82) is 0 Å². The van der Waals surface area contributed by atoms with Crippen molar-refractivity contribution in [3.8, 4) is 11.3 Å². The molecule has 1 aliphatic heterocycles. The minimum atomic E-state index is -4.51. The highest BCUT2D eigenvalue weighted by Crippen LogP contribution is 2.35. The van der Waals surface area contributed by atoms with E-state index in [1.807, 2.05) is 0 Å². The Bertz CT molecular complexity index is 682. The molecular formula is C13H12F3N3O2. The highest BCUT2D eigenvalue weighted by Gasteiger charge is 2.35. The van der Waals surface area contributed by atoms with Crippen molar-refractivity contribution in [2.75, 3.05) is 6.61 Å². The lowest BCUT2D eigenvalue weighted by Crippen LogP contribution is -2.17. The van der Waals surface area contributed by atoms with Crippen LogP contribution in [-0.2, 0) is 24.6 Å². The minimum Gasteiger partial charge on any atom is -0.386 e. The summed E-state index contributed by atoms with van der Waals surface area (Å²) in [6, 6.07) is 0.971. The third-order valence-electron chi connectivity index (χ3n) is 3.42. The molecule has 1 atom stereocenters. The van der Waals surface area contributed by atoms with Crippen molar-refractivity contribution in [1.82, 2.24) is 14.8 Å². The second kappa shape index (κ2) is 4.81. The first-order valence-corrected chi connectivity index (χ1v) is 6.22. The standard InChI is InChI=1S/C13H12F3N3O2/c1-19-10(2-12(18-19)13(14,15)16)7-3-17-4-8-9(7)5-21-6-11(8)20/h2-4,11,20H,5-6H2,1H3. The van der Waals surface area contributed by atoms with Crippen LogP contribution in [0.4, 0.5) is 13.2 Å². The van der Waals surface area contributed by atoms with Crippen LogP contribution in [-0.4, -0.2) is 26.5 Å². The van der Waals surface area contributed by atoms with Gasteiger partial charge in [0.15, 0.2) is 5.69 Å². The lowest BCUT2D eigenvalue weighted by Gasteiger charge is -2.23. The van der Waals surface area contributed by atoms with E-state index in [1.165, 1.54) is 19.4 Å². The molecule has 2 aromatic rings. The van der Waals surface area contributed by atoms with Gasteiger partial charge in [-0.3, -0.25) is 9.67 Å². The Morgan fingerprint density at radius 1 is 1.38 bits per heavy atom. The molecule has 2 aromatic heterocycles. The van der Waals surface area contributed by atoms with E-state index in [-0.39, 0.29) is 18.9 Å². The summed E-state index contributed by atoms with van der Waals surface area (Å²) in [6.45, 7) is 0.369. The molecule has 0 aromatic carbocycles. The van der Waals surface area contributed by atoms with Crippen molar-refractivity contribution >= 4 is 0 Å².